The van der Waals surface area contributed by atoms with Gasteiger partial charge in [0.05, 0.1) is 28.4 Å². The SMILES string of the molecule is Cc1ccc2nc(-c3ccc(N4C(=O)C[C@@H](N[C@@H](C)C56CC7CC(CC(C7)C5)C6)C4=O)cc3)sc2c1. The summed E-state index contributed by atoms with van der Waals surface area (Å²) < 4.78 is 1.17. The smallest absolute Gasteiger partial charge is 0.251 e. The molecule has 2 aromatic carbocycles. The maximum atomic E-state index is 13.4. The predicted octanol–water partition coefficient (Wildman–Crippen LogP) is 6.10. The van der Waals surface area contributed by atoms with Crippen molar-refractivity contribution in [1.82, 2.24) is 10.3 Å². The molecule has 4 aliphatic carbocycles. The van der Waals surface area contributed by atoms with Crippen molar-refractivity contribution in [1.29, 1.82) is 0 Å². The molecule has 5 aliphatic rings. The number of hydrogen-bond donors (Lipinski definition) is 1. The topological polar surface area (TPSA) is 62.3 Å². The molecule has 36 heavy (non-hydrogen) atoms. The van der Waals surface area contributed by atoms with E-state index in [9.17, 15) is 9.59 Å². The number of anilines is 1. The number of nitrogens with zero attached hydrogens (tertiary/aromatic N) is 2. The van der Waals surface area contributed by atoms with Crippen LogP contribution in [0.3, 0.4) is 0 Å². The Bertz CT molecular complexity index is 1320. The molecular formula is C30H33N3O2S. The molecule has 0 spiro atoms. The summed E-state index contributed by atoms with van der Waals surface area (Å²) in [5.41, 5.74) is 4.18. The third kappa shape index (κ3) is 3.64. The van der Waals surface area contributed by atoms with E-state index in [1.165, 1.54) is 53.7 Å². The van der Waals surface area contributed by atoms with Gasteiger partial charge in [-0.05, 0) is 118 Å². The van der Waals surface area contributed by atoms with Crippen LogP contribution in [0.5, 0.6) is 0 Å². The van der Waals surface area contributed by atoms with Gasteiger partial charge in [0.15, 0.2) is 0 Å². The number of imide groups is 1. The lowest BCUT2D eigenvalue weighted by Gasteiger charge is -2.59. The van der Waals surface area contributed by atoms with Crippen molar-refractivity contribution in [2.75, 3.05) is 4.90 Å². The third-order valence-electron chi connectivity index (χ3n) is 9.52. The number of aromatic nitrogens is 1. The second-order valence-electron chi connectivity index (χ2n) is 12.0. The molecule has 1 aromatic heterocycles. The molecule has 5 nitrogen and oxygen atoms in total. The van der Waals surface area contributed by atoms with Crippen LogP contribution >= 0.6 is 11.3 Å². The Morgan fingerprint density at radius 3 is 2.33 bits per heavy atom. The molecule has 5 fully saturated rings. The van der Waals surface area contributed by atoms with Gasteiger partial charge in [-0.1, -0.05) is 6.07 Å². The molecular weight excluding hydrogens is 466 g/mol. The predicted molar refractivity (Wildman–Crippen MR) is 144 cm³/mol. The highest BCUT2D eigenvalue weighted by molar-refractivity contribution is 7.21. The summed E-state index contributed by atoms with van der Waals surface area (Å²) in [6.07, 6.45) is 8.35. The van der Waals surface area contributed by atoms with Gasteiger partial charge in [0.25, 0.3) is 5.91 Å². The molecule has 1 aliphatic heterocycles. The standard InChI is InChI=1S/C30H33N3O2S/c1-17-3-8-24-26(9-17)36-28(32-24)22-4-6-23(7-5-22)33-27(34)13-25(29(33)35)31-18(2)30-14-19-10-20(15-30)12-21(11-19)16-30/h3-9,18-21,25,31H,10-16H2,1-2H3/t18-,19?,20?,21?,25+,30?/m0/s1. The average molecular weight is 500 g/mol. The Morgan fingerprint density at radius 2 is 1.67 bits per heavy atom. The largest absolute Gasteiger partial charge is 0.302 e. The number of rotatable bonds is 5. The Morgan fingerprint density at radius 1 is 1.00 bits per heavy atom. The Balaban J connectivity index is 1.07. The van der Waals surface area contributed by atoms with Gasteiger partial charge >= 0.3 is 0 Å². The minimum Gasteiger partial charge on any atom is -0.302 e. The van der Waals surface area contributed by atoms with Crippen LogP contribution in [0.15, 0.2) is 42.5 Å². The van der Waals surface area contributed by atoms with E-state index in [0.717, 1.165) is 33.8 Å². The zero-order valence-electron chi connectivity index (χ0n) is 21.0. The number of carbonyl (C=O) groups is 2. The summed E-state index contributed by atoms with van der Waals surface area (Å²) in [5, 5.41) is 4.60. The van der Waals surface area contributed by atoms with E-state index >= 15 is 0 Å². The average Bonchev–Trinajstić information content (AvgIpc) is 3.38. The van der Waals surface area contributed by atoms with E-state index in [2.05, 4.69) is 37.4 Å². The highest BCUT2D eigenvalue weighted by Gasteiger charge is 2.54. The van der Waals surface area contributed by atoms with Crippen molar-refractivity contribution in [2.24, 2.45) is 23.2 Å². The molecule has 2 amide bonds. The third-order valence-corrected chi connectivity index (χ3v) is 10.6. The number of carbonyl (C=O) groups excluding carboxylic acids is 2. The van der Waals surface area contributed by atoms with E-state index in [1.54, 1.807) is 11.3 Å². The first-order chi connectivity index (χ1) is 17.4. The second-order valence-corrected chi connectivity index (χ2v) is 13.1. The minimum absolute atomic E-state index is 0.111. The number of amides is 2. The zero-order chi connectivity index (χ0) is 24.6. The van der Waals surface area contributed by atoms with Crippen LogP contribution in [0.25, 0.3) is 20.8 Å². The van der Waals surface area contributed by atoms with Gasteiger partial charge in [0.2, 0.25) is 5.91 Å². The lowest BCUT2D eigenvalue weighted by atomic mass is 9.48. The number of thiazole rings is 1. The Kier molecular flexibility index (Phi) is 5.16. The number of hydrogen-bond acceptors (Lipinski definition) is 5. The Hall–Kier alpha value is -2.57. The quantitative estimate of drug-likeness (QED) is 0.431. The van der Waals surface area contributed by atoms with Crippen LogP contribution in [-0.4, -0.2) is 28.9 Å². The molecule has 3 aromatic rings. The van der Waals surface area contributed by atoms with Gasteiger partial charge in [-0.15, -0.1) is 11.3 Å². The van der Waals surface area contributed by atoms with Crippen LogP contribution in [0.2, 0.25) is 0 Å². The maximum Gasteiger partial charge on any atom is 0.251 e. The first-order valence-electron chi connectivity index (χ1n) is 13.5. The van der Waals surface area contributed by atoms with Crippen molar-refractivity contribution in [3.8, 4) is 10.6 Å². The lowest BCUT2D eigenvalue weighted by molar-refractivity contribution is -0.122. The fourth-order valence-electron chi connectivity index (χ4n) is 8.13. The molecule has 0 radical (unpaired) electrons. The van der Waals surface area contributed by atoms with Crippen molar-refractivity contribution in [3.63, 3.8) is 0 Å². The summed E-state index contributed by atoms with van der Waals surface area (Å²) in [5.74, 6) is 2.39. The van der Waals surface area contributed by atoms with Gasteiger partial charge in [-0.2, -0.15) is 0 Å². The summed E-state index contributed by atoms with van der Waals surface area (Å²) in [4.78, 5) is 32.5. The van der Waals surface area contributed by atoms with Crippen molar-refractivity contribution in [2.45, 2.75) is 70.9 Å². The second kappa shape index (κ2) is 8.22. The summed E-state index contributed by atoms with van der Waals surface area (Å²) in [7, 11) is 0. The molecule has 8 rings (SSSR count). The van der Waals surface area contributed by atoms with Crippen molar-refractivity contribution in [3.05, 3.63) is 48.0 Å². The molecule has 0 unspecified atom stereocenters. The molecule has 6 heteroatoms. The molecule has 1 saturated heterocycles. The van der Waals surface area contributed by atoms with Gasteiger partial charge in [-0.3, -0.25) is 9.59 Å². The molecule has 186 valence electrons. The number of nitrogens with one attached hydrogen (secondary N) is 1. The van der Waals surface area contributed by atoms with E-state index in [4.69, 9.17) is 4.98 Å². The number of aryl methyl sites for hydroxylation is 1. The van der Waals surface area contributed by atoms with E-state index in [1.807, 2.05) is 24.3 Å². The van der Waals surface area contributed by atoms with Crippen LogP contribution in [0.4, 0.5) is 5.69 Å². The van der Waals surface area contributed by atoms with Gasteiger partial charge in [0, 0.05) is 11.6 Å². The summed E-state index contributed by atoms with van der Waals surface area (Å²) >= 11 is 1.67. The first-order valence-corrected chi connectivity index (χ1v) is 14.3. The molecule has 4 bridgehead atoms. The lowest BCUT2D eigenvalue weighted by Crippen LogP contribution is -2.57. The highest BCUT2D eigenvalue weighted by Crippen LogP contribution is 2.61. The molecule has 4 saturated carbocycles. The highest BCUT2D eigenvalue weighted by atomic mass is 32.1. The summed E-state index contributed by atoms with van der Waals surface area (Å²) in [6, 6.07) is 13.8. The fourth-order valence-corrected chi connectivity index (χ4v) is 9.20. The summed E-state index contributed by atoms with van der Waals surface area (Å²) in [6.45, 7) is 4.35. The fraction of sp³-hybridized carbons (Fsp3) is 0.500. The Labute approximate surface area is 216 Å². The first kappa shape index (κ1) is 22.6. The van der Waals surface area contributed by atoms with Crippen molar-refractivity contribution < 1.29 is 9.59 Å². The van der Waals surface area contributed by atoms with E-state index < -0.39 is 6.04 Å². The van der Waals surface area contributed by atoms with Gasteiger partial charge < -0.3 is 5.32 Å². The monoisotopic (exact) mass is 499 g/mol. The molecule has 1 N–H and O–H groups in total. The number of fused-ring (bicyclic) bond motifs is 1. The van der Waals surface area contributed by atoms with Crippen LogP contribution < -0.4 is 10.2 Å². The van der Waals surface area contributed by atoms with Crippen molar-refractivity contribution >= 4 is 39.1 Å². The molecule has 2 atom stereocenters. The van der Waals surface area contributed by atoms with Crippen LogP contribution in [0.1, 0.15) is 57.4 Å². The van der Waals surface area contributed by atoms with Crippen LogP contribution in [-0.2, 0) is 9.59 Å². The normalized spacial score (nSPS) is 32.1. The van der Waals surface area contributed by atoms with Gasteiger partial charge in [-0.25, -0.2) is 9.88 Å². The zero-order valence-corrected chi connectivity index (χ0v) is 21.8. The molecule has 2 heterocycles. The minimum atomic E-state index is -0.423. The maximum absolute atomic E-state index is 13.4. The van der Waals surface area contributed by atoms with Gasteiger partial charge in [0.1, 0.15) is 5.01 Å². The van der Waals surface area contributed by atoms with E-state index in [-0.39, 0.29) is 24.3 Å². The van der Waals surface area contributed by atoms with Crippen LogP contribution in [0, 0.1) is 30.1 Å². The number of benzene rings is 2. The van der Waals surface area contributed by atoms with E-state index in [0.29, 0.717) is 11.1 Å².